The average molecular weight is 271 g/mol. The Morgan fingerprint density at radius 2 is 2.15 bits per heavy atom. The summed E-state index contributed by atoms with van der Waals surface area (Å²) in [5.74, 6) is -0.689. The smallest absolute Gasteiger partial charge is 0.311 e. The number of ether oxygens (including phenoxy) is 1. The van der Waals surface area contributed by atoms with E-state index in [1.54, 1.807) is 25.4 Å². The molecule has 0 saturated heterocycles. The number of nitrogens with zero attached hydrogens (tertiary/aromatic N) is 1. The van der Waals surface area contributed by atoms with Crippen LogP contribution in [0.3, 0.4) is 0 Å². The Hall–Kier alpha value is -2.36. The molecule has 4 heteroatoms. The summed E-state index contributed by atoms with van der Waals surface area (Å²) in [6.45, 7) is 1.90. The number of carbonyl (C=O) groups is 1. The van der Waals surface area contributed by atoms with E-state index in [1.165, 1.54) is 0 Å². The summed E-state index contributed by atoms with van der Waals surface area (Å²) in [6.07, 6.45) is 2.05. The molecule has 1 atom stereocenters. The van der Waals surface area contributed by atoms with Crippen molar-refractivity contribution in [3.05, 3.63) is 59.4 Å². The molecule has 0 aliphatic heterocycles. The largest absolute Gasteiger partial charge is 0.496 e. The van der Waals surface area contributed by atoms with E-state index < -0.39 is 11.9 Å². The summed E-state index contributed by atoms with van der Waals surface area (Å²) >= 11 is 0. The monoisotopic (exact) mass is 271 g/mol. The molecular weight excluding hydrogens is 254 g/mol. The third-order valence-electron chi connectivity index (χ3n) is 3.26. The molecule has 0 bridgehead atoms. The Balaban J connectivity index is 2.29. The Kier molecular flexibility index (Phi) is 4.35. The zero-order valence-corrected chi connectivity index (χ0v) is 11.5. The summed E-state index contributed by atoms with van der Waals surface area (Å²) in [5, 5.41) is 9.45. The van der Waals surface area contributed by atoms with Crippen molar-refractivity contribution < 1.29 is 14.6 Å². The highest BCUT2D eigenvalue weighted by Gasteiger charge is 2.21. The van der Waals surface area contributed by atoms with Crippen LogP contribution in [0.4, 0.5) is 0 Å². The first-order valence-electron chi connectivity index (χ1n) is 6.39. The maximum atomic E-state index is 11.5. The predicted octanol–water partition coefficient (Wildman–Crippen LogP) is 2.81. The third kappa shape index (κ3) is 3.15. The lowest BCUT2D eigenvalue weighted by Gasteiger charge is -2.14. The molecule has 0 spiro atoms. The SMILES string of the molecule is COc1ccc(C(Cc2ccccn2)C(=O)O)cc1C. The number of pyridine rings is 1. The van der Waals surface area contributed by atoms with Crippen LogP contribution >= 0.6 is 0 Å². The Morgan fingerprint density at radius 1 is 1.35 bits per heavy atom. The van der Waals surface area contributed by atoms with E-state index in [1.807, 2.05) is 31.2 Å². The number of aromatic nitrogens is 1. The molecule has 0 amide bonds. The molecule has 0 radical (unpaired) electrons. The van der Waals surface area contributed by atoms with Gasteiger partial charge in [0, 0.05) is 18.3 Å². The summed E-state index contributed by atoms with van der Waals surface area (Å²) < 4.78 is 5.20. The predicted molar refractivity (Wildman–Crippen MR) is 76.0 cm³/mol. The lowest BCUT2D eigenvalue weighted by atomic mass is 9.92. The quantitative estimate of drug-likeness (QED) is 0.908. The van der Waals surface area contributed by atoms with E-state index >= 15 is 0 Å². The highest BCUT2D eigenvalue weighted by atomic mass is 16.5. The summed E-state index contributed by atoms with van der Waals surface area (Å²) in [4.78, 5) is 15.7. The number of methoxy groups -OCH3 is 1. The van der Waals surface area contributed by atoms with Crippen LogP contribution in [0, 0.1) is 6.92 Å². The van der Waals surface area contributed by atoms with Gasteiger partial charge in [0.2, 0.25) is 0 Å². The molecule has 1 aromatic heterocycles. The molecule has 2 aromatic rings. The normalized spacial score (nSPS) is 11.9. The number of carboxylic acid groups (broad SMARTS) is 1. The first-order valence-corrected chi connectivity index (χ1v) is 6.39. The van der Waals surface area contributed by atoms with Crippen LogP contribution in [0.25, 0.3) is 0 Å². The number of rotatable bonds is 5. The maximum Gasteiger partial charge on any atom is 0.311 e. The fraction of sp³-hybridized carbons (Fsp3) is 0.250. The van der Waals surface area contributed by atoms with Gasteiger partial charge in [0.15, 0.2) is 0 Å². The molecule has 1 unspecified atom stereocenters. The van der Waals surface area contributed by atoms with E-state index in [0.29, 0.717) is 6.42 Å². The molecule has 0 fully saturated rings. The minimum Gasteiger partial charge on any atom is -0.496 e. The highest BCUT2D eigenvalue weighted by molar-refractivity contribution is 5.76. The Morgan fingerprint density at radius 3 is 2.70 bits per heavy atom. The van der Waals surface area contributed by atoms with E-state index in [4.69, 9.17) is 4.74 Å². The van der Waals surface area contributed by atoms with Crippen LogP contribution in [-0.4, -0.2) is 23.2 Å². The van der Waals surface area contributed by atoms with Crippen LogP contribution in [0.2, 0.25) is 0 Å². The van der Waals surface area contributed by atoms with Crippen molar-refractivity contribution in [2.24, 2.45) is 0 Å². The molecule has 0 saturated carbocycles. The van der Waals surface area contributed by atoms with Gasteiger partial charge in [-0.2, -0.15) is 0 Å². The zero-order valence-electron chi connectivity index (χ0n) is 11.5. The second-order valence-corrected chi connectivity index (χ2v) is 4.65. The van der Waals surface area contributed by atoms with Gasteiger partial charge in [0.25, 0.3) is 0 Å². The Labute approximate surface area is 118 Å². The van der Waals surface area contributed by atoms with Gasteiger partial charge < -0.3 is 9.84 Å². The van der Waals surface area contributed by atoms with Crippen LogP contribution in [0.1, 0.15) is 22.7 Å². The van der Waals surface area contributed by atoms with Gasteiger partial charge in [-0.25, -0.2) is 0 Å². The van der Waals surface area contributed by atoms with Crippen molar-refractivity contribution in [1.29, 1.82) is 0 Å². The van der Waals surface area contributed by atoms with Crippen LogP contribution < -0.4 is 4.74 Å². The van der Waals surface area contributed by atoms with Crippen molar-refractivity contribution in [2.75, 3.05) is 7.11 Å². The van der Waals surface area contributed by atoms with Crippen LogP contribution in [0.15, 0.2) is 42.6 Å². The first kappa shape index (κ1) is 14.1. The van der Waals surface area contributed by atoms with Gasteiger partial charge >= 0.3 is 5.97 Å². The molecular formula is C16H17NO3. The fourth-order valence-corrected chi connectivity index (χ4v) is 2.19. The number of benzene rings is 1. The Bertz CT molecular complexity index is 596. The van der Waals surface area contributed by atoms with Crippen molar-refractivity contribution in [3.8, 4) is 5.75 Å². The van der Waals surface area contributed by atoms with Crippen molar-refractivity contribution in [2.45, 2.75) is 19.3 Å². The number of aliphatic carboxylic acids is 1. The lowest BCUT2D eigenvalue weighted by Crippen LogP contribution is -2.15. The van der Waals surface area contributed by atoms with E-state index in [9.17, 15) is 9.90 Å². The molecule has 4 nitrogen and oxygen atoms in total. The van der Waals surface area contributed by atoms with Gasteiger partial charge in [0.05, 0.1) is 13.0 Å². The van der Waals surface area contributed by atoms with Crippen LogP contribution in [-0.2, 0) is 11.2 Å². The number of aryl methyl sites for hydroxylation is 1. The molecule has 0 aliphatic rings. The summed E-state index contributed by atoms with van der Waals surface area (Å²) in [7, 11) is 1.60. The maximum absolute atomic E-state index is 11.5. The van der Waals surface area contributed by atoms with Gasteiger partial charge in [-0.1, -0.05) is 18.2 Å². The number of hydrogen-bond donors (Lipinski definition) is 1. The lowest BCUT2D eigenvalue weighted by molar-refractivity contribution is -0.138. The third-order valence-corrected chi connectivity index (χ3v) is 3.26. The number of carboxylic acids is 1. The first-order chi connectivity index (χ1) is 9.61. The molecule has 20 heavy (non-hydrogen) atoms. The topological polar surface area (TPSA) is 59.4 Å². The minimum absolute atomic E-state index is 0.377. The molecule has 2 rings (SSSR count). The highest BCUT2D eigenvalue weighted by Crippen LogP contribution is 2.26. The second kappa shape index (κ2) is 6.19. The fourth-order valence-electron chi connectivity index (χ4n) is 2.19. The van der Waals surface area contributed by atoms with Crippen LogP contribution in [0.5, 0.6) is 5.75 Å². The molecule has 0 aliphatic carbocycles. The van der Waals surface area contributed by atoms with Gasteiger partial charge in [-0.05, 0) is 36.2 Å². The summed E-state index contributed by atoms with van der Waals surface area (Å²) in [6, 6.07) is 11.0. The van der Waals surface area contributed by atoms with Gasteiger partial charge in [0.1, 0.15) is 5.75 Å². The minimum atomic E-state index is -0.847. The second-order valence-electron chi connectivity index (χ2n) is 4.65. The van der Waals surface area contributed by atoms with E-state index in [0.717, 1.165) is 22.6 Å². The molecule has 1 N–H and O–H groups in total. The summed E-state index contributed by atoms with van der Waals surface area (Å²) in [5.41, 5.74) is 2.46. The zero-order chi connectivity index (χ0) is 14.5. The number of hydrogen-bond acceptors (Lipinski definition) is 3. The van der Waals surface area contributed by atoms with Crippen molar-refractivity contribution in [3.63, 3.8) is 0 Å². The van der Waals surface area contributed by atoms with Gasteiger partial charge in [-0.3, -0.25) is 9.78 Å². The van der Waals surface area contributed by atoms with Crippen molar-refractivity contribution in [1.82, 2.24) is 4.98 Å². The van der Waals surface area contributed by atoms with E-state index in [2.05, 4.69) is 4.98 Å². The molecule has 1 aromatic carbocycles. The van der Waals surface area contributed by atoms with Gasteiger partial charge in [-0.15, -0.1) is 0 Å². The van der Waals surface area contributed by atoms with E-state index in [-0.39, 0.29) is 0 Å². The molecule has 1 heterocycles. The van der Waals surface area contributed by atoms with Crippen molar-refractivity contribution >= 4 is 5.97 Å². The average Bonchev–Trinajstić information content (AvgIpc) is 2.45. The standard InChI is InChI=1S/C16H17NO3/c1-11-9-12(6-7-15(11)20-2)14(16(18)19)10-13-5-3-4-8-17-13/h3-9,14H,10H2,1-2H3,(H,18,19). The molecule has 104 valence electrons.